The Kier molecular flexibility index (Phi) is 5.25. The lowest BCUT2D eigenvalue weighted by molar-refractivity contribution is -0.116. The van der Waals surface area contributed by atoms with E-state index in [2.05, 4.69) is 11.1 Å². The molecule has 0 aromatic heterocycles. The number of carbonyl (C=O) groups is 1. The molecule has 8 nitrogen and oxygen atoms in total. The van der Waals surface area contributed by atoms with Gasteiger partial charge in [0.2, 0.25) is 5.75 Å². The Labute approximate surface area is 197 Å². The van der Waals surface area contributed by atoms with Crippen molar-refractivity contribution in [3.63, 3.8) is 0 Å². The molecule has 2 N–H and O–H groups in total. The van der Waals surface area contributed by atoms with Crippen molar-refractivity contribution in [2.75, 3.05) is 26.2 Å². The van der Waals surface area contributed by atoms with Crippen LogP contribution in [0.25, 0.3) is 0 Å². The van der Waals surface area contributed by atoms with Crippen molar-refractivity contribution < 1.29 is 19.0 Å². The summed E-state index contributed by atoms with van der Waals surface area (Å²) in [6.45, 7) is 0. The zero-order chi connectivity index (χ0) is 24.0. The summed E-state index contributed by atoms with van der Waals surface area (Å²) in [5.41, 5.74) is 10.4. The molecular weight excluding hydrogens is 432 g/mol. The van der Waals surface area contributed by atoms with Crippen LogP contribution in [0.15, 0.2) is 64.1 Å². The summed E-state index contributed by atoms with van der Waals surface area (Å²) >= 11 is 0. The number of hydrogen-bond acceptors (Lipinski definition) is 8. The largest absolute Gasteiger partial charge is 0.493 e. The summed E-state index contributed by atoms with van der Waals surface area (Å²) in [6.07, 6.45) is 1.84. The minimum atomic E-state index is -0.630. The van der Waals surface area contributed by atoms with Gasteiger partial charge in [0.15, 0.2) is 23.1 Å². The third-order valence-electron chi connectivity index (χ3n) is 6.52. The van der Waals surface area contributed by atoms with E-state index in [9.17, 15) is 10.1 Å². The molecule has 5 rings (SSSR count). The lowest BCUT2D eigenvalue weighted by atomic mass is 9.75. The van der Waals surface area contributed by atoms with Gasteiger partial charge in [-0.2, -0.15) is 5.26 Å². The number of para-hydroxylation sites is 1. The van der Waals surface area contributed by atoms with Crippen molar-refractivity contribution in [1.82, 2.24) is 0 Å². The Bertz CT molecular complexity index is 1320. The summed E-state index contributed by atoms with van der Waals surface area (Å²) in [6, 6.07) is 13.6. The molecule has 3 aliphatic rings. The van der Waals surface area contributed by atoms with E-state index in [0.717, 1.165) is 23.4 Å². The number of benzene rings is 2. The highest BCUT2D eigenvalue weighted by molar-refractivity contribution is 6.08. The minimum Gasteiger partial charge on any atom is -0.493 e. The van der Waals surface area contributed by atoms with Crippen LogP contribution in [0.5, 0.6) is 17.2 Å². The molecule has 0 unspecified atom stereocenters. The number of anilines is 1. The third kappa shape index (κ3) is 3.05. The quantitative estimate of drug-likeness (QED) is 0.745. The van der Waals surface area contributed by atoms with E-state index in [1.807, 2.05) is 29.2 Å². The predicted molar refractivity (Wildman–Crippen MR) is 127 cm³/mol. The second-order valence-corrected chi connectivity index (χ2v) is 8.23. The van der Waals surface area contributed by atoms with Gasteiger partial charge in [-0.05, 0) is 42.7 Å². The molecule has 2 aromatic carbocycles. The predicted octanol–water partition coefficient (Wildman–Crippen LogP) is 3.78. The number of amidine groups is 1. The van der Waals surface area contributed by atoms with Gasteiger partial charge >= 0.3 is 0 Å². The number of ketones is 1. The first-order chi connectivity index (χ1) is 16.5. The highest BCUT2D eigenvalue weighted by Gasteiger charge is 2.43. The molecule has 2 aromatic rings. The fourth-order valence-electron chi connectivity index (χ4n) is 5.07. The maximum absolute atomic E-state index is 13.4. The zero-order valence-electron chi connectivity index (χ0n) is 19.2. The second kappa shape index (κ2) is 8.27. The summed E-state index contributed by atoms with van der Waals surface area (Å²) in [5.74, 6) is 1.51. The lowest BCUT2D eigenvalue weighted by Crippen LogP contribution is -2.39. The van der Waals surface area contributed by atoms with Gasteiger partial charge < -0.3 is 19.9 Å². The zero-order valence-corrected chi connectivity index (χ0v) is 19.2. The molecule has 0 fully saturated rings. The molecule has 2 heterocycles. The number of nitriles is 1. The molecule has 8 heteroatoms. The monoisotopic (exact) mass is 456 g/mol. The summed E-state index contributed by atoms with van der Waals surface area (Å²) in [7, 11) is 4.60. The van der Waals surface area contributed by atoms with Gasteiger partial charge in [-0.3, -0.25) is 9.69 Å². The maximum Gasteiger partial charge on any atom is 0.203 e. The normalized spacial score (nSPS) is 19.0. The van der Waals surface area contributed by atoms with Crippen LogP contribution in [0.2, 0.25) is 0 Å². The number of fused-ring (bicyclic) bond motifs is 4. The van der Waals surface area contributed by atoms with E-state index in [4.69, 9.17) is 19.9 Å². The fourth-order valence-corrected chi connectivity index (χ4v) is 5.07. The smallest absolute Gasteiger partial charge is 0.203 e. The average molecular weight is 457 g/mol. The van der Waals surface area contributed by atoms with Crippen LogP contribution in [0, 0.1) is 11.3 Å². The van der Waals surface area contributed by atoms with E-state index in [0.29, 0.717) is 58.5 Å². The Morgan fingerprint density at radius 1 is 1.09 bits per heavy atom. The Morgan fingerprint density at radius 3 is 2.44 bits per heavy atom. The van der Waals surface area contributed by atoms with Gasteiger partial charge in [0, 0.05) is 23.3 Å². The van der Waals surface area contributed by atoms with Crippen molar-refractivity contribution in [1.29, 1.82) is 5.26 Å². The van der Waals surface area contributed by atoms with Crippen LogP contribution in [0.1, 0.15) is 36.3 Å². The van der Waals surface area contributed by atoms with E-state index in [1.54, 1.807) is 12.1 Å². The number of allylic oxidation sites excluding steroid dienone is 3. The molecule has 0 radical (unpaired) electrons. The van der Waals surface area contributed by atoms with Gasteiger partial charge in [-0.1, -0.05) is 12.1 Å². The Hall–Kier alpha value is -4.25. The minimum absolute atomic E-state index is 0.0202. The molecule has 0 bridgehead atoms. The summed E-state index contributed by atoms with van der Waals surface area (Å²) in [4.78, 5) is 20.0. The first-order valence-corrected chi connectivity index (χ1v) is 11.0. The number of rotatable bonds is 4. The maximum atomic E-state index is 13.4. The molecule has 0 spiro atoms. The Morgan fingerprint density at radius 2 is 1.79 bits per heavy atom. The van der Waals surface area contributed by atoms with Crippen LogP contribution in [0.3, 0.4) is 0 Å². The second-order valence-electron chi connectivity index (χ2n) is 8.23. The van der Waals surface area contributed by atoms with Gasteiger partial charge in [0.05, 0.1) is 44.6 Å². The molecule has 0 saturated heterocycles. The average Bonchev–Trinajstić information content (AvgIpc) is 2.87. The number of aliphatic imine (C=N–C) groups is 1. The lowest BCUT2D eigenvalue weighted by Gasteiger charge is -2.41. The number of carbonyl (C=O) groups excluding carboxylic acids is 1. The van der Waals surface area contributed by atoms with Crippen molar-refractivity contribution in [2.45, 2.75) is 25.2 Å². The van der Waals surface area contributed by atoms with Crippen LogP contribution < -0.4 is 24.8 Å². The van der Waals surface area contributed by atoms with E-state index >= 15 is 0 Å². The first kappa shape index (κ1) is 21.6. The van der Waals surface area contributed by atoms with Crippen LogP contribution in [-0.2, 0) is 4.79 Å². The van der Waals surface area contributed by atoms with Gasteiger partial charge in [0.1, 0.15) is 5.84 Å². The molecule has 2 aliphatic heterocycles. The molecule has 34 heavy (non-hydrogen) atoms. The van der Waals surface area contributed by atoms with Gasteiger partial charge in [-0.25, -0.2) is 4.99 Å². The standard InChI is InChI=1S/C26H24N4O4/c1-32-20-11-14(12-21(33-2)24(20)34-3)22-16(13-27)26-29-25(28)15-7-4-5-8-17(15)30(26)18-9-6-10-19(31)23(18)22/h4-5,7-8,11-12,22H,6,9-10H2,1-3H3,(H2,28,29)/t22-/m0/s1. The molecule has 0 amide bonds. The van der Waals surface area contributed by atoms with Crippen LogP contribution in [-0.4, -0.2) is 32.9 Å². The van der Waals surface area contributed by atoms with Crippen LogP contribution in [0.4, 0.5) is 5.69 Å². The number of nitrogens with zero attached hydrogens (tertiary/aromatic N) is 3. The third-order valence-corrected chi connectivity index (χ3v) is 6.52. The van der Waals surface area contributed by atoms with Crippen molar-refractivity contribution in [3.05, 3.63) is 70.2 Å². The molecule has 1 atom stereocenters. The van der Waals surface area contributed by atoms with Crippen molar-refractivity contribution in [2.24, 2.45) is 10.7 Å². The topological polar surface area (TPSA) is 110 Å². The molecule has 0 saturated carbocycles. The van der Waals surface area contributed by atoms with E-state index < -0.39 is 5.92 Å². The highest BCUT2D eigenvalue weighted by atomic mass is 16.5. The van der Waals surface area contributed by atoms with E-state index in [-0.39, 0.29) is 5.78 Å². The van der Waals surface area contributed by atoms with Crippen LogP contribution >= 0.6 is 0 Å². The number of hydrogen-bond donors (Lipinski definition) is 1. The number of Topliss-reactive ketones (excluding diaryl/α,β-unsaturated/α-hetero) is 1. The van der Waals surface area contributed by atoms with Gasteiger partial charge in [-0.15, -0.1) is 0 Å². The van der Waals surface area contributed by atoms with Crippen molar-refractivity contribution >= 4 is 17.3 Å². The SMILES string of the molecule is COc1cc([C@H]2C(C#N)=C3N=C(N)c4ccccc4N3C3=C2C(=O)CCC3)cc(OC)c1OC. The number of methoxy groups -OCH3 is 3. The molecule has 172 valence electrons. The summed E-state index contributed by atoms with van der Waals surface area (Å²) in [5, 5.41) is 10.4. The first-order valence-electron chi connectivity index (χ1n) is 11.0. The molecular formula is C26H24N4O4. The van der Waals surface area contributed by atoms with Crippen molar-refractivity contribution in [3.8, 4) is 23.3 Å². The fraction of sp³-hybridized carbons (Fsp3) is 0.269. The number of nitrogens with two attached hydrogens (primary N) is 1. The number of ether oxygens (including phenoxy) is 3. The Balaban J connectivity index is 1.83. The van der Waals surface area contributed by atoms with E-state index in [1.165, 1.54) is 21.3 Å². The highest BCUT2D eigenvalue weighted by Crippen LogP contribution is 2.51. The molecule has 1 aliphatic carbocycles. The summed E-state index contributed by atoms with van der Waals surface area (Å²) < 4.78 is 16.6. The van der Waals surface area contributed by atoms with Gasteiger partial charge in [0.25, 0.3) is 0 Å².